The van der Waals surface area contributed by atoms with Crippen molar-refractivity contribution in [3.05, 3.63) is 47.3 Å². The summed E-state index contributed by atoms with van der Waals surface area (Å²) in [5.41, 5.74) is 0.790. The Morgan fingerprint density at radius 2 is 1.81 bits per heavy atom. The molecule has 2 atom stereocenters. The van der Waals surface area contributed by atoms with Gasteiger partial charge < -0.3 is 25.2 Å². The summed E-state index contributed by atoms with van der Waals surface area (Å²) in [7, 11) is 0. The lowest BCUT2D eigenvalue weighted by Crippen LogP contribution is -2.30. The maximum Gasteiger partial charge on any atom is 0.164 e. The first-order valence-electron chi connectivity index (χ1n) is 6.33. The lowest BCUT2D eigenvalue weighted by molar-refractivity contribution is 0.0196. The summed E-state index contributed by atoms with van der Waals surface area (Å²) in [4.78, 5) is 0. The molecule has 0 spiro atoms. The van der Waals surface area contributed by atoms with Gasteiger partial charge >= 0.3 is 0 Å². The van der Waals surface area contributed by atoms with Gasteiger partial charge in [-0.3, -0.25) is 0 Å². The summed E-state index contributed by atoms with van der Waals surface area (Å²) in [6.45, 7) is 0. The van der Waals surface area contributed by atoms with Crippen LogP contribution in [-0.2, 0) is 6.42 Å². The third-order valence-electron chi connectivity index (χ3n) is 3.49. The van der Waals surface area contributed by atoms with Gasteiger partial charge in [-0.05, 0) is 17.7 Å². The number of benzene rings is 2. The van der Waals surface area contributed by atoms with E-state index in [1.54, 1.807) is 0 Å². The van der Waals surface area contributed by atoms with Crippen molar-refractivity contribution in [3.8, 4) is 23.0 Å². The van der Waals surface area contributed by atoms with E-state index in [9.17, 15) is 24.8 Å². The van der Waals surface area contributed by atoms with Crippen LogP contribution in [0.1, 0.15) is 17.2 Å². The van der Waals surface area contributed by atoms with Crippen molar-refractivity contribution in [3.63, 3.8) is 0 Å². The molecule has 5 nitrogen and oxygen atoms in total. The lowest BCUT2D eigenvalue weighted by Gasteiger charge is -2.31. The zero-order valence-corrected chi connectivity index (χ0v) is 10.8. The fourth-order valence-corrected chi connectivity index (χ4v) is 2.46. The highest BCUT2D eigenvalue weighted by molar-refractivity contribution is 5.51. The van der Waals surface area contributed by atoms with Crippen LogP contribution in [0.3, 0.4) is 0 Å². The molecule has 0 amide bonds. The SMILES string of the molecule is Oc1cc(O)c2c(c1)O[C@H](c1ccc(F)c(O)c1)[C@@H](O)C2. The minimum absolute atomic E-state index is 0.115. The summed E-state index contributed by atoms with van der Waals surface area (Å²) in [5, 5.41) is 38.8. The van der Waals surface area contributed by atoms with E-state index in [0.29, 0.717) is 11.1 Å². The van der Waals surface area contributed by atoms with Crippen LogP contribution in [0.15, 0.2) is 30.3 Å². The molecule has 21 heavy (non-hydrogen) atoms. The molecule has 0 aromatic heterocycles. The normalized spacial score (nSPS) is 20.7. The predicted molar refractivity (Wildman–Crippen MR) is 70.9 cm³/mol. The van der Waals surface area contributed by atoms with Gasteiger partial charge in [0, 0.05) is 24.1 Å². The van der Waals surface area contributed by atoms with Gasteiger partial charge in [0.05, 0.1) is 6.10 Å². The van der Waals surface area contributed by atoms with Gasteiger partial charge in [-0.15, -0.1) is 0 Å². The molecule has 0 saturated heterocycles. The molecule has 4 N–H and O–H groups in total. The van der Waals surface area contributed by atoms with Crippen LogP contribution >= 0.6 is 0 Å². The number of phenols is 3. The van der Waals surface area contributed by atoms with Gasteiger partial charge in [-0.25, -0.2) is 4.39 Å². The maximum atomic E-state index is 13.1. The molecule has 6 heteroatoms. The fraction of sp³-hybridized carbons (Fsp3) is 0.200. The van der Waals surface area contributed by atoms with E-state index in [4.69, 9.17) is 4.74 Å². The quantitative estimate of drug-likeness (QED) is 0.645. The van der Waals surface area contributed by atoms with Crippen LogP contribution in [0.25, 0.3) is 0 Å². The molecule has 3 rings (SSSR count). The van der Waals surface area contributed by atoms with Crippen molar-refractivity contribution in [2.75, 3.05) is 0 Å². The zero-order chi connectivity index (χ0) is 15.1. The van der Waals surface area contributed by atoms with Gasteiger partial charge in [0.25, 0.3) is 0 Å². The highest BCUT2D eigenvalue weighted by atomic mass is 19.1. The van der Waals surface area contributed by atoms with Gasteiger partial charge in [0.1, 0.15) is 23.4 Å². The van der Waals surface area contributed by atoms with Gasteiger partial charge in [0.15, 0.2) is 11.6 Å². The smallest absolute Gasteiger partial charge is 0.164 e. The van der Waals surface area contributed by atoms with E-state index in [-0.39, 0.29) is 23.7 Å². The maximum absolute atomic E-state index is 13.1. The van der Waals surface area contributed by atoms with E-state index in [1.807, 2.05) is 0 Å². The zero-order valence-electron chi connectivity index (χ0n) is 10.8. The van der Waals surface area contributed by atoms with Crippen LogP contribution in [-0.4, -0.2) is 26.5 Å². The van der Waals surface area contributed by atoms with Crippen molar-refractivity contribution in [1.82, 2.24) is 0 Å². The number of aromatic hydroxyl groups is 3. The summed E-state index contributed by atoms with van der Waals surface area (Å²) in [6, 6.07) is 6.15. The number of rotatable bonds is 1. The molecule has 1 aliphatic rings. The molecule has 0 bridgehead atoms. The Hall–Kier alpha value is -2.47. The van der Waals surface area contributed by atoms with Crippen molar-refractivity contribution in [2.45, 2.75) is 18.6 Å². The van der Waals surface area contributed by atoms with Crippen LogP contribution in [0.2, 0.25) is 0 Å². The monoisotopic (exact) mass is 292 g/mol. The van der Waals surface area contributed by atoms with E-state index in [1.165, 1.54) is 24.3 Å². The van der Waals surface area contributed by atoms with E-state index < -0.39 is 23.8 Å². The lowest BCUT2D eigenvalue weighted by atomic mass is 9.94. The third kappa shape index (κ3) is 2.34. The Bertz CT molecular complexity index is 701. The highest BCUT2D eigenvalue weighted by Gasteiger charge is 2.32. The molecule has 0 saturated carbocycles. The number of halogens is 1. The van der Waals surface area contributed by atoms with E-state index in [0.717, 1.165) is 6.07 Å². The second-order valence-corrected chi connectivity index (χ2v) is 4.96. The average Bonchev–Trinajstić information content (AvgIpc) is 2.42. The molecule has 1 aliphatic heterocycles. The minimum atomic E-state index is -0.974. The number of aliphatic hydroxyl groups is 1. The molecule has 0 aliphatic carbocycles. The molecular formula is C15H13FO5. The van der Waals surface area contributed by atoms with Crippen LogP contribution in [0, 0.1) is 5.82 Å². The van der Waals surface area contributed by atoms with Gasteiger partial charge in [0.2, 0.25) is 0 Å². The van der Waals surface area contributed by atoms with Gasteiger partial charge in [-0.1, -0.05) is 6.07 Å². The van der Waals surface area contributed by atoms with Gasteiger partial charge in [-0.2, -0.15) is 0 Å². The Morgan fingerprint density at radius 1 is 1.05 bits per heavy atom. The molecule has 2 aromatic carbocycles. The Morgan fingerprint density at radius 3 is 2.52 bits per heavy atom. The molecule has 110 valence electrons. The van der Waals surface area contributed by atoms with Crippen molar-refractivity contribution in [1.29, 1.82) is 0 Å². The molecule has 0 radical (unpaired) electrons. The second kappa shape index (κ2) is 4.82. The predicted octanol–water partition coefficient (Wildman–Crippen LogP) is 1.98. The van der Waals surface area contributed by atoms with Crippen LogP contribution in [0.4, 0.5) is 4.39 Å². The number of hydrogen-bond acceptors (Lipinski definition) is 5. The largest absolute Gasteiger partial charge is 0.508 e. The standard InChI is InChI=1S/C15H13FO5/c16-10-2-1-7(3-12(10)19)15-13(20)6-9-11(18)4-8(17)5-14(9)21-15/h1-5,13,15,17-20H,6H2/t13-,15+/m0/s1. The summed E-state index contributed by atoms with van der Waals surface area (Å²) in [6.07, 6.45) is -1.69. The topological polar surface area (TPSA) is 90.2 Å². The molecule has 1 heterocycles. The van der Waals surface area contributed by atoms with Crippen molar-refractivity contribution < 1.29 is 29.6 Å². The first-order valence-corrected chi connectivity index (χ1v) is 6.33. The fourth-order valence-electron chi connectivity index (χ4n) is 2.46. The van der Waals surface area contributed by atoms with Crippen molar-refractivity contribution in [2.24, 2.45) is 0 Å². The van der Waals surface area contributed by atoms with E-state index >= 15 is 0 Å². The summed E-state index contributed by atoms with van der Waals surface area (Å²) in [5.74, 6) is -1.38. The van der Waals surface area contributed by atoms with Crippen LogP contribution < -0.4 is 4.74 Å². The second-order valence-electron chi connectivity index (χ2n) is 4.96. The highest BCUT2D eigenvalue weighted by Crippen LogP contribution is 2.42. The first kappa shape index (κ1) is 13.5. The number of phenolic OH excluding ortho intramolecular Hbond substituents is 3. The molecule has 0 unspecified atom stereocenters. The summed E-state index contributed by atoms with van der Waals surface area (Å²) >= 11 is 0. The van der Waals surface area contributed by atoms with Crippen LogP contribution in [0.5, 0.6) is 23.0 Å². The number of ether oxygens (including phenoxy) is 1. The number of fused-ring (bicyclic) bond motifs is 1. The van der Waals surface area contributed by atoms with Crippen molar-refractivity contribution >= 4 is 0 Å². The summed E-state index contributed by atoms with van der Waals surface area (Å²) < 4.78 is 18.7. The number of hydrogen-bond donors (Lipinski definition) is 4. The first-order chi connectivity index (χ1) is 9.95. The minimum Gasteiger partial charge on any atom is -0.508 e. The Kier molecular flexibility index (Phi) is 3.10. The Labute approximate surface area is 119 Å². The van der Waals surface area contributed by atoms with E-state index in [2.05, 4.69) is 0 Å². The Balaban J connectivity index is 2.00. The number of aliphatic hydroxyl groups excluding tert-OH is 1. The molecule has 0 fully saturated rings. The molecular weight excluding hydrogens is 279 g/mol. The third-order valence-corrected chi connectivity index (χ3v) is 3.49. The average molecular weight is 292 g/mol. The molecule has 2 aromatic rings.